The van der Waals surface area contributed by atoms with Crippen molar-refractivity contribution in [3.63, 3.8) is 0 Å². The third-order valence-electron chi connectivity index (χ3n) is 2.18. The molecule has 1 fully saturated rings. The molecule has 0 aromatic rings. The number of rotatable bonds is 1. The predicted octanol–water partition coefficient (Wildman–Crippen LogP) is 0.873. The van der Waals surface area contributed by atoms with Crippen molar-refractivity contribution in [1.82, 2.24) is 9.80 Å². The molecule has 0 saturated carbocycles. The van der Waals surface area contributed by atoms with Crippen molar-refractivity contribution in [1.29, 1.82) is 0 Å². The van der Waals surface area contributed by atoms with Gasteiger partial charge in [-0.15, -0.1) is 0 Å². The first kappa shape index (κ1) is 13.9. The van der Waals surface area contributed by atoms with Gasteiger partial charge in [-0.1, -0.05) is 13.8 Å². The fourth-order valence-electron chi connectivity index (χ4n) is 1.34. The molecule has 0 aromatic heterocycles. The van der Waals surface area contributed by atoms with Crippen LogP contribution in [0, 0.1) is 0 Å². The van der Waals surface area contributed by atoms with Crippen molar-refractivity contribution < 1.29 is 21.8 Å². The molecule has 0 N–H and O–H groups in total. The van der Waals surface area contributed by atoms with Gasteiger partial charge >= 0.3 is 81.9 Å². The third kappa shape index (κ3) is 4.40. The second-order valence-corrected chi connectivity index (χ2v) is 4.05. The van der Waals surface area contributed by atoms with Gasteiger partial charge in [-0.3, -0.25) is 0 Å². The number of hydrogen-bond donors (Lipinski definition) is 0. The monoisotopic (exact) mass is 235 g/mol. The summed E-state index contributed by atoms with van der Waals surface area (Å²) in [5, 5.41) is 0. The van der Waals surface area contributed by atoms with E-state index in [4.69, 9.17) is 0 Å². The molecular formula is C10H20N2OV. The summed E-state index contributed by atoms with van der Waals surface area (Å²) in [7, 11) is 0. The van der Waals surface area contributed by atoms with Crippen LogP contribution in [-0.2, 0) is 21.8 Å². The molecule has 0 atom stereocenters. The number of carbonyl (C=O) groups is 1. The third-order valence-corrected chi connectivity index (χ3v) is 2.62. The zero-order chi connectivity index (χ0) is 11.1. The van der Waals surface area contributed by atoms with Gasteiger partial charge in [0.25, 0.3) is 0 Å². The standard InChI is InChI=1S/C8H14N2O.C2H6.V/c1-3-9-4-6-10(7-5-9)8(2)11;1-2;/h4-7H2,1-2H3;1-2H3;. The molecule has 0 spiro atoms. The van der Waals surface area contributed by atoms with E-state index in [-0.39, 0.29) is 5.91 Å². The Kier molecular flexibility index (Phi) is 7.15. The van der Waals surface area contributed by atoms with Crippen LogP contribution in [-0.4, -0.2) is 46.2 Å². The maximum absolute atomic E-state index is 11.0. The molecule has 0 bridgehead atoms. The van der Waals surface area contributed by atoms with Crippen molar-refractivity contribution in [2.75, 3.05) is 26.2 Å². The number of nitrogens with zero attached hydrogens (tertiary/aromatic N) is 2. The first-order valence-electron chi connectivity index (χ1n) is 5.14. The minimum absolute atomic E-state index is 0.192. The van der Waals surface area contributed by atoms with E-state index in [0.717, 1.165) is 26.2 Å². The van der Waals surface area contributed by atoms with E-state index in [1.165, 1.54) is 4.35 Å². The van der Waals surface area contributed by atoms with Crippen molar-refractivity contribution >= 4 is 10.3 Å². The van der Waals surface area contributed by atoms with Gasteiger partial charge < -0.3 is 0 Å². The summed E-state index contributed by atoms with van der Waals surface area (Å²) in [6.07, 6.45) is 0. The number of piperazine rings is 1. The fraction of sp³-hybridized carbons (Fsp3) is 0.800. The van der Waals surface area contributed by atoms with Crippen LogP contribution < -0.4 is 0 Å². The maximum atomic E-state index is 11.0. The van der Waals surface area contributed by atoms with Gasteiger partial charge in [-0.05, 0) is 0 Å². The summed E-state index contributed by atoms with van der Waals surface area (Å²) < 4.78 is 1.28. The van der Waals surface area contributed by atoms with E-state index in [9.17, 15) is 4.79 Å². The van der Waals surface area contributed by atoms with Crippen LogP contribution in [0.3, 0.4) is 0 Å². The van der Waals surface area contributed by atoms with Crippen molar-refractivity contribution in [2.45, 2.75) is 27.7 Å². The van der Waals surface area contributed by atoms with Crippen LogP contribution in [0.4, 0.5) is 0 Å². The normalized spacial score (nSPS) is 16.9. The van der Waals surface area contributed by atoms with Crippen LogP contribution in [0.1, 0.15) is 27.7 Å². The van der Waals surface area contributed by atoms with Crippen LogP contribution >= 0.6 is 0 Å². The summed E-state index contributed by atoms with van der Waals surface area (Å²) in [6, 6.07) is 0. The first-order chi connectivity index (χ1) is 6.61. The number of hydrogen-bond acceptors (Lipinski definition) is 2. The van der Waals surface area contributed by atoms with Crippen molar-refractivity contribution in [3.8, 4) is 0 Å². The molecule has 1 rings (SSSR count). The molecule has 0 aromatic carbocycles. The summed E-state index contributed by atoms with van der Waals surface area (Å²) in [4.78, 5) is 15.2. The topological polar surface area (TPSA) is 23.6 Å². The molecule has 1 amide bonds. The Morgan fingerprint density at radius 2 is 1.36 bits per heavy atom. The molecule has 3 nitrogen and oxygen atoms in total. The van der Waals surface area contributed by atoms with E-state index in [1.807, 2.05) is 18.7 Å². The summed E-state index contributed by atoms with van der Waals surface area (Å²) in [5.41, 5.74) is 0. The molecule has 0 unspecified atom stereocenters. The zero-order valence-electron chi connectivity index (χ0n) is 9.58. The Morgan fingerprint density at radius 1 is 1.00 bits per heavy atom. The zero-order valence-corrected chi connectivity index (χ0v) is 11.0. The molecule has 81 valence electrons. The van der Waals surface area contributed by atoms with Crippen LogP contribution in [0.2, 0.25) is 0 Å². The van der Waals surface area contributed by atoms with E-state index in [2.05, 4.69) is 28.8 Å². The molecular weight excluding hydrogens is 215 g/mol. The van der Waals surface area contributed by atoms with Gasteiger partial charge in [0.05, 0.1) is 0 Å². The Labute approximate surface area is 95.9 Å². The second-order valence-electron chi connectivity index (χ2n) is 3.04. The van der Waals surface area contributed by atoms with Gasteiger partial charge in [-0.2, -0.15) is 0 Å². The first-order valence-corrected chi connectivity index (χ1v) is 5.84. The van der Waals surface area contributed by atoms with Gasteiger partial charge in [0.2, 0.25) is 0 Å². The summed E-state index contributed by atoms with van der Waals surface area (Å²) >= 11 is 2.55. The molecule has 1 aliphatic heterocycles. The SMILES string of the molecule is CC.CC(=O)N1CCN([C](C)=[V])CC1. The second kappa shape index (κ2) is 7.21. The van der Waals surface area contributed by atoms with Gasteiger partial charge in [-0.25, -0.2) is 0 Å². The Balaban J connectivity index is 0.000000791. The van der Waals surface area contributed by atoms with E-state index >= 15 is 0 Å². The Morgan fingerprint density at radius 3 is 1.64 bits per heavy atom. The molecule has 14 heavy (non-hydrogen) atoms. The van der Waals surface area contributed by atoms with E-state index < -0.39 is 0 Å². The van der Waals surface area contributed by atoms with E-state index in [0.29, 0.717) is 0 Å². The average Bonchev–Trinajstić information content (AvgIpc) is 2.21. The van der Waals surface area contributed by atoms with Crippen molar-refractivity contribution in [3.05, 3.63) is 0 Å². The number of carbonyl (C=O) groups excluding carboxylic acids is 1. The van der Waals surface area contributed by atoms with Gasteiger partial charge in [0.15, 0.2) is 0 Å². The van der Waals surface area contributed by atoms with Gasteiger partial charge in [0, 0.05) is 0 Å². The fourth-order valence-corrected chi connectivity index (χ4v) is 1.66. The molecule has 1 heterocycles. The van der Waals surface area contributed by atoms with Crippen LogP contribution in [0.25, 0.3) is 0 Å². The molecule has 1 aliphatic rings. The molecule has 0 radical (unpaired) electrons. The van der Waals surface area contributed by atoms with Crippen LogP contribution in [0.15, 0.2) is 0 Å². The van der Waals surface area contributed by atoms with E-state index in [1.54, 1.807) is 6.92 Å². The molecule has 0 aliphatic carbocycles. The average molecular weight is 235 g/mol. The minimum atomic E-state index is 0.192. The molecule has 1 saturated heterocycles. The quantitative estimate of drug-likeness (QED) is 0.673. The van der Waals surface area contributed by atoms with Gasteiger partial charge in [0.1, 0.15) is 0 Å². The Hall–Kier alpha value is -0.116. The summed E-state index contributed by atoms with van der Waals surface area (Å²) in [5.74, 6) is 0.192. The van der Waals surface area contributed by atoms with Crippen LogP contribution in [0.5, 0.6) is 0 Å². The summed E-state index contributed by atoms with van der Waals surface area (Å²) in [6.45, 7) is 11.4. The molecule has 4 heteroatoms. The van der Waals surface area contributed by atoms with Crippen molar-refractivity contribution in [2.24, 2.45) is 0 Å². The Bertz CT molecular complexity index is 176. The predicted molar refractivity (Wildman–Crippen MR) is 55.9 cm³/mol. The number of amides is 1.